The maximum absolute atomic E-state index is 13.7. The van der Waals surface area contributed by atoms with Crippen molar-refractivity contribution in [2.24, 2.45) is 5.92 Å². The van der Waals surface area contributed by atoms with Crippen molar-refractivity contribution in [1.82, 2.24) is 15.1 Å². The minimum absolute atomic E-state index is 0.0517. The Kier molecular flexibility index (Phi) is 10.1. The molecule has 2 amide bonds. The van der Waals surface area contributed by atoms with E-state index < -0.39 is 12.0 Å². The molecule has 2 atom stereocenters. The number of ether oxygens (including phenoxy) is 4. The number of amides is 2. The molecule has 4 rings (SSSR count). The average molecular weight is 555 g/mol. The van der Waals surface area contributed by atoms with E-state index in [1.54, 1.807) is 38.4 Å². The van der Waals surface area contributed by atoms with Crippen LogP contribution in [0.4, 0.5) is 5.69 Å². The normalized spacial score (nSPS) is 20.2. The molecule has 2 fully saturated rings. The van der Waals surface area contributed by atoms with Crippen LogP contribution in [0.3, 0.4) is 0 Å². The number of nitrogens with one attached hydrogen (secondary N) is 1. The Bertz CT molecular complexity index is 1120. The minimum Gasteiger partial charge on any atom is -0.497 e. The highest BCUT2D eigenvalue weighted by Gasteiger charge is 2.42. The lowest BCUT2D eigenvalue weighted by atomic mass is 9.83. The van der Waals surface area contributed by atoms with Crippen LogP contribution >= 0.6 is 0 Å². The monoisotopic (exact) mass is 554 g/mol. The number of carbonyl (C=O) groups is 2. The molecule has 10 heteroatoms. The Morgan fingerprint density at radius 1 is 0.925 bits per heavy atom. The van der Waals surface area contributed by atoms with Crippen molar-refractivity contribution in [3.63, 3.8) is 0 Å². The van der Waals surface area contributed by atoms with E-state index in [0.29, 0.717) is 41.7 Å². The summed E-state index contributed by atoms with van der Waals surface area (Å²) >= 11 is 0. The molecule has 2 aliphatic heterocycles. The van der Waals surface area contributed by atoms with E-state index in [9.17, 15) is 9.59 Å². The highest BCUT2D eigenvalue weighted by atomic mass is 16.5. The summed E-state index contributed by atoms with van der Waals surface area (Å²) in [7, 11) is 8.38. The Labute approximate surface area is 237 Å². The number of hydrogen-bond acceptors (Lipinski definition) is 8. The van der Waals surface area contributed by atoms with E-state index in [4.69, 9.17) is 18.9 Å². The summed E-state index contributed by atoms with van der Waals surface area (Å²) in [5, 5.41) is 3.17. The standard InChI is InChI=1S/C30H42N4O6/c1-32-15-17-33(18-16-32)14-6-13-31-30(36)24-11-12-27(35)34(28(24)21-7-9-23(37-2)10-8-21)22-19-25(38-3)29(40-5)26(20-22)39-4/h7-10,19-20,24,28H,6,11-18H2,1-5H3,(H,31,36)/t24-,28-/m0/s1. The van der Waals surface area contributed by atoms with Crippen molar-refractivity contribution < 1.29 is 28.5 Å². The lowest BCUT2D eigenvalue weighted by Crippen LogP contribution is -2.49. The van der Waals surface area contributed by atoms with E-state index in [0.717, 1.165) is 44.7 Å². The minimum atomic E-state index is -0.521. The second kappa shape index (κ2) is 13.7. The highest BCUT2D eigenvalue weighted by Crippen LogP contribution is 2.46. The molecule has 40 heavy (non-hydrogen) atoms. The largest absolute Gasteiger partial charge is 0.497 e. The summed E-state index contributed by atoms with van der Waals surface area (Å²) in [6.45, 7) is 5.80. The zero-order valence-electron chi connectivity index (χ0n) is 24.3. The Hall–Kier alpha value is -3.50. The van der Waals surface area contributed by atoms with Crippen LogP contribution in [-0.2, 0) is 9.59 Å². The van der Waals surface area contributed by atoms with Gasteiger partial charge in [0.2, 0.25) is 17.6 Å². The average Bonchev–Trinajstić information content (AvgIpc) is 2.99. The smallest absolute Gasteiger partial charge is 0.227 e. The molecule has 0 aliphatic carbocycles. The van der Waals surface area contributed by atoms with Crippen LogP contribution in [0.2, 0.25) is 0 Å². The van der Waals surface area contributed by atoms with E-state index in [2.05, 4.69) is 22.2 Å². The van der Waals surface area contributed by atoms with Crippen molar-refractivity contribution >= 4 is 17.5 Å². The van der Waals surface area contributed by atoms with Crippen LogP contribution in [0.5, 0.6) is 23.0 Å². The predicted molar refractivity (Wildman–Crippen MR) is 154 cm³/mol. The first-order chi connectivity index (χ1) is 19.4. The number of piperazine rings is 1. The van der Waals surface area contributed by atoms with Crippen LogP contribution < -0.4 is 29.2 Å². The second-order valence-electron chi connectivity index (χ2n) is 10.3. The summed E-state index contributed by atoms with van der Waals surface area (Å²) < 4.78 is 22.0. The summed E-state index contributed by atoms with van der Waals surface area (Å²) in [6, 6.07) is 10.5. The third-order valence-corrected chi connectivity index (χ3v) is 7.87. The number of nitrogens with zero attached hydrogens (tertiary/aromatic N) is 3. The molecule has 218 valence electrons. The van der Waals surface area contributed by atoms with E-state index in [1.807, 2.05) is 24.3 Å². The molecule has 1 N–H and O–H groups in total. The first-order valence-electron chi connectivity index (χ1n) is 13.8. The lowest BCUT2D eigenvalue weighted by molar-refractivity contribution is -0.129. The molecule has 0 aromatic heterocycles. The van der Waals surface area contributed by atoms with Gasteiger partial charge >= 0.3 is 0 Å². The molecule has 10 nitrogen and oxygen atoms in total. The van der Waals surface area contributed by atoms with Crippen LogP contribution in [0.1, 0.15) is 30.9 Å². The van der Waals surface area contributed by atoms with Gasteiger partial charge in [-0.1, -0.05) is 12.1 Å². The zero-order chi connectivity index (χ0) is 28.6. The molecule has 0 spiro atoms. The fourth-order valence-electron chi connectivity index (χ4n) is 5.58. The maximum atomic E-state index is 13.7. The van der Waals surface area contributed by atoms with Crippen LogP contribution in [-0.4, -0.2) is 96.4 Å². The maximum Gasteiger partial charge on any atom is 0.227 e. The number of methoxy groups -OCH3 is 4. The number of anilines is 1. The summed E-state index contributed by atoms with van der Waals surface area (Å²) in [4.78, 5) is 33.7. The SMILES string of the molecule is COc1ccc([C@H]2[C@@H](C(=O)NCCCN3CCN(C)CC3)CCC(=O)N2c2cc(OC)c(OC)c(OC)c2)cc1. The van der Waals surface area contributed by atoms with Gasteiger partial charge in [-0.3, -0.25) is 9.59 Å². The van der Waals surface area contributed by atoms with Crippen LogP contribution in [0, 0.1) is 5.92 Å². The van der Waals surface area contributed by atoms with Crippen molar-refractivity contribution in [2.45, 2.75) is 25.3 Å². The quantitative estimate of drug-likeness (QED) is 0.424. The fourth-order valence-corrected chi connectivity index (χ4v) is 5.58. The third kappa shape index (κ3) is 6.62. The van der Waals surface area contributed by atoms with E-state index in [-0.39, 0.29) is 18.2 Å². The van der Waals surface area contributed by atoms with Gasteiger partial charge < -0.3 is 39.0 Å². The predicted octanol–water partition coefficient (Wildman–Crippen LogP) is 2.96. The van der Waals surface area contributed by atoms with Gasteiger partial charge in [0.1, 0.15) is 5.75 Å². The number of hydrogen-bond donors (Lipinski definition) is 1. The molecule has 2 aromatic carbocycles. The van der Waals surface area contributed by atoms with Gasteiger partial charge in [-0.05, 0) is 44.1 Å². The van der Waals surface area contributed by atoms with Gasteiger partial charge in [0.15, 0.2) is 11.5 Å². The van der Waals surface area contributed by atoms with Gasteiger partial charge in [-0.25, -0.2) is 0 Å². The molecule has 2 saturated heterocycles. The summed E-state index contributed by atoms with van der Waals surface area (Å²) in [5.74, 6) is 1.46. The zero-order valence-corrected chi connectivity index (χ0v) is 24.3. The molecular weight excluding hydrogens is 512 g/mol. The number of carbonyl (C=O) groups excluding carboxylic acids is 2. The van der Waals surface area contributed by atoms with Gasteiger partial charge in [-0.2, -0.15) is 0 Å². The van der Waals surface area contributed by atoms with Gasteiger partial charge in [0, 0.05) is 51.3 Å². The molecule has 2 aromatic rings. The topological polar surface area (TPSA) is 92.8 Å². The molecule has 2 heterocycles. The van der Waals surface area contributed by atoms with Gasteiger partial charge in [0.05, 0.1) is 46.1 Å². The number of likely N-dealkylation sites (N-methyl/N-ethyl adjacent to an activating group) is 1. The third-order valence-electron chi connectivity index (χ3n) is 7.87. The number of rotatable bonds is 11. The molecular formula is C30H42N4O6. The lowest BCUT2D eigenvalue weighted by Gasteiger charge is -2.41. The van der Waals surface area contributed by atoms with Crippen molar-refractivity contribution in [3.8, 4) is 23.0 Å². The molecule has 0 radical (unpaired) electrons. The first-order valence-corrected chi connectivity index (χ1v) is 13.8. The van der Waals surface area contributed by atoms with Gasteiger partial charge in [-0.15, -0.1) is 0 Å². The van der Waals surface area contributed by atoms with Crippen molar-refractivity contribution in [3.05, 3.63) is 42.0 Å². The summed E-state index contributed by atoms with van der Waals surface area (Å²) in [5.41, 5.74) is 1.42. The molecule has 2 aliphatic rings. The summed E-state index contributed by atoms with van der Waals surface area (Å²) in [6.07, 6.45) is 1.59. The number of benzene rings is 2. The van der Waals surface area contributed by atoms with E-state index >= 15 is 0 Å². The Morgan fingerprint density at radius 3 is 2.15 bits per heavy atom. The van der Waals surface area contributed by atoms with Gasteiger partial charge in [0.25, 0.3) is 0 Å². The molecule has 0 saturated carbocycles. The van der Waals surface area contributed by atoms with Crippen LogP contribution in [0.15, 0.2) is 36.4 Å². The fraction of sp³-hybridized carbons (Fsp3) is 0.533. The number of piperidine rings is 1. The molecule has 0 unspecified atom stereocenters. The highest BCUT2D eigenvalue weighted by molar-refractivity contribution is 5.98. The van der Waals surface area contributed by atoms with Crippen molar-refractivity contribution in [1.29, 1.82) is 0 Å². The van der Waals surface area contributed by atoms with Crippen LogP contribution in [0.25, 0.3) is 0 Å². The first kappa shape index (κ1) is 29.5. The van der Waals surface area contributed by atoms with Crippen molar-refractivity contribution in [2.75, 3.05) is 79.7 Å². The molecule has 0 bridgehead atoms. The second-order valence-corrected chi connectivity index (χ2v) is 10.3. The van der Waals surface area contributed by atoms with E-state index in [1.165, 1.54) is 7.11 Å². The Morgan fingerprint density at radius 2 is 1.57 bits per heavy atom. The Balaban J connectivity index is 1.59.